The minimum absolute atomic E-state index is 0.0138. The number of aromatic hydroxyl groups is 1. The summed E-state index contributed by atoms with van der Waals surface area (Å²) in [6.07, 6.45) is 1.91. The standard InChI is InChI=1S/C36H34N4O8/c1-18-9-11-20(12-10-18)38-40-32(43)25-17-24-22(13-14-23-28(24)33(44)39(31(23)42)35(37)46)30(29-26(41)15-21(47-2)16-27(29)48-3)36(25,34(40)45)19-7-5-4-6-8-19/h4-13,15-16,23-25,28,30,38,41H,14,17H2,1-3H3,(H2,37,46). The molecule has 3 aromatic rings. The quantitative estimate of drug-likeness (QED) is 0.266. The number of likely N-dealkylation sites (tertiary alicyclic amines) is 1. The maximum Gasteiger partial charge on any atom is 0.328 e. The number of nitrogens with zero attached hydrogens (tertiary/aromatic N) is 2. The van der Waals surface area contributed by atoms with Crippen molar-refractivity contribution in [3.63, 3.8) is 0 Å². The molecule has 6 amide bonds. The van der Waals surface area contributed by atoms with Gasteiger partial charge in [0, 0.05) is 23.6 Å². The molecule has 0 aromatic heterocycles. The number of hydrogen-bond donors (Lipinski definition) is 3. The monoisotopic (exact) mass is 650 g/mol. The molecule has 4 N–H and O–H groups in total. The zero-order chi connectivity index (χ0) is 34.1. The van der Waals surface area contributed by atoms with Crippen molar-refractivity contribution in [1.29, 1.82) is 0 Å². The van der Waals surface area contributed by atoms with Gasteiger partial charge in [0.15, 0.2) is 0 Å². The summed E-state index contributed by atoms with van der Waals surface area (Å²) < 4.78 is 11.2. The van der Waals surface area contributed by atoms with Crippen LogP contribution in [-0.4, -0.2) is 58.9 Å². The van der Waals surface area contributed by atoms with Crippen LogP contribution >= 0.6 is 0 Å². The predicted octanol–water partition coefficient (Wildman–Crippen LogP) is 3.78. The number of allylic oxidation sites excluding steroid dienone is 2. The zero-order valence-electron chi connectivity index (χ0n) is 26.5. The first kappa shape index (κ1) is 31.0. The van der Waals surface area contributed by atoms with Crippen LogP contribution in [-0.2, 0) is 24.6 Å². The number of phenols is 1. The summed E-state index contributed by atoms with van der Waals surface area (Å²) in [6.45, 7) is 1.92. The van der Waals surface area contributed by atoms with E-state index in [1.54, 1.807) is 48.5 Å². The summed E-state index contributed by atoms with van der Waals surface area (Å²) in [4.78, 5) is 69.7. The molecule has 12 heteroatoms. The first-order valence-electron chi connectivity index (χ1n) is 15.6. The lowest BCUT2D eigenvalue weighted by molar-refractivity contribution is -0.139. The average molecular weight is 651 g/mol. The fraction of sp³-hybridized carbons (Fsp3) is 0.306. The minimum atomic E-state index is -1.63. The molecule has 6 atom stereocenters. The number of carbonyl (C=O) groups is 5. The molecule has 2 saturated heterocycles. The second-order valence-corrected chi connectivity index (χ2v) is 12.7. The number of carbonyl (C=O) groups excluding carboxylic acids is 5. The Labute approximate surface area is 276 Å². The fourth-order valence-corrected chi connectivity index (χ4v) is 8.44. The highest BCUT2D eigenvalue weighted by atomic mass is 16.5. The summed E-state index contributed by atoms with van der Waals surface area (Å²) in [6, 6.07) is 18.0. The van der Waals surface area contributed by atoms with Crippen molar-refractivity contribution >= 4 is 35.3 Å². The van der Waals surface area contributed by atoms with Crippen LogP contribution in [0.2, 0.25) is 0 Å². The number of primary amides is 1. The van der Waals surface area contributed by atoms with E-state index in [1.165, 1.54) is 20.3 Å². The van der Waals surface area contributed by atoms with Crippen molar-refractivity contribution in [1.82, 2.24) is 9.91 Å². The van der Waals surface area contributed by atoms with Crippen LogP contribution in [0.15, 0.2) is 78.4 Å². The Morgan fingerprint density at radius 3 is 2.29 bits per heavy atom. The van der Waals surface area contributed by atoms with Gasteiger partial charge in [-0.3, -0.25) is 24.6 Å². The van der Waals surface area contributed by atoms with Crippen LogP contribution in [0.25, 0.3) is 0 Å². The van der Waals surface area contributed by atoms with E-state index in [0.717, 1.165) is 10.6 Å². The van der Waals surface area contributed by atoms with E-state index >= 15 is 4.79 Å². The van der Waals surface area contributed by atoms with Gasteiger partial charge < -0.3 is 20.3 Å². The number of ether oxygens (including phenoxy) is 2. The molecule has 246 valence electrons. The molecule has 4 aliphatic rings. The second kappa shape index (κ2) is 11.3. The highest BCUT2D eigenvalue weighted by Crippen LogP contribution is 2.66. The lowest BCUT2D eigenvalue weighted by Gasteiger charge is -2.50. The van der Waals surface area contributed by atoms with Gasteiger partial charge in [0.1, 0.15) is 17.2 Å². The number of benzene rings is 3. The van der Waals surface area contributed by atoms with Gasteiger partial charge in [-0.15, -0.1) is 0 Å². The summed E-state index contributed by atoms with van der Waals surface area (Å²) in [5.41, 5.74) is 9.72. The van der Waals surface area contributed by atoms with Gasteiger partial charge in [0.2, 0.25) is 11.8 Å². The smallest absolute Gasteiger partial charge is 0.328 e. The lowest BCUT2D eigenvalue weighted by atomic mass is 9.49. The molecule has 0 spiro atoms. The second-order valence-electron chi connectivity index (χ2n) is 12.7. The van der Waals surface area contributed by atoms with E-state index in [-0.39, 0.29) is 29.9 Å². The first-order valence-corrected chi connectivity index (χ1v) is 15.6. The number of hydrazine groups is 1. The summed E-state index contributed by atoms with van der Waals surface area (Å²) >= 11 is 0. The van der Waals surface area contributed by atoms with Gasteiger partial charge in [-0.1, -0.05) is 59.7 Å². The number of anilines is 1. The maximum atomic E-state index is 15.2. The minimum Gasteiger partial charge on any atom is -0.507 e. The molecule has 0 bridgehead atoms. The molecule has 1 saturated carbocycles. The predicted molar refractivity (Wildman–Crippen MR) is 171 cm³/mol. The number of hydrogen-bond acceptors (Lipinski definition) is 9. The van der Waals surface area contributed by atoms with Crippen LogP contribution < -0.4 is 20.6 Å². The molecular formula is C36H34N4O8. The van der Waals surface area contributed by atoms with Crippen molar-refractivity contribution in [2.75, 3.05) is 19.6 Å². The van der Waals surface area contributed by atoms with Gasteiger partial charge in [-0.25, -0.2) is 4.79 Å². The van der Waals surface area contributed by atoms with Gasteiger partial charge in [-0.2, -0.15) is 9.91 Å². The van der Waals surface area contributed by atoms with E-state index in [4.69, 9.17) is 15.2 Å². The first-order chi connectivity index (χ1) is 23.0. The number of aryl methyl sites for hydroxylation is 1. The fourth-order valence-electron chi connectivity index (χ4n) is 8.44. The Balaban J connectivity index is 1.50. The summed E-state index contributed by atoms with van der Waals surface area (Å²) in [7, 11) is 2.86. The molecule has 2 heterocycles. The lowest BCUT2D eigenvalue weighted by Crippen LogP contribution is -2.53. The van der Waals surface area contributed by atoms with E-state index < -0.39 is 64.7 Å². The largest absolute Gasteiger partial charge is 0.507 e. The van der Waals surface area contributed by atoms with E-state index in [9.17, 15) is 24.3 Å². The normalized spacial score (nSPS) is 27.6. The molecule has 48 heavy (non-hydrogen) atoms. The number of nitrogens with one attached hydrogen (secondary N) is 1. The highest BCUT2D eigenvalue weighted by molar-refractivity contribution is 6.17. The third kappa shape index (κ3) is 4.24. The SMILES string of the molecule is COc1cc(O)c(C2C3=CCC4C(=O)N(C(N)=O)C(=O)C4C3CC3C(=O)N(Nc4ccc(C)cc4)C(=O)C32c2ccccc2)c(OC)c1. The molecule has 6 unspecified atom stereocenters. The Kier molecular flexibility index (Phi) is 7.26. The van der Waals surface area contributed by atoms with E-state index in [0.29, 0.717) is 27.5 Å². The Morgan fingerprint density at radius 2 is 1.65 bits per heavy atom. The molecule has 7 rings (SSSR count). The van der Waals surface area contributed by atoms with E-state index in [2.05, 4.69) is 5.43 Å². The number of nitrogens with two attached hydrogens (primary N) is 1. The molecule has 0 radical (unpaired) electrons. The number of amides is 6. The Morgan fingerprint density at radius 1 is 0.938 bits per heavy atom. The van der Waals surface area contributed by atoms with Crippen LogP contribution in [0.3, 0.4) is 0 Å². The molecule has 2 aliphatic heterocycles. The third-order valence-electron chi connectivity index (χ3n) is 10.5. The van der Waals surface area contributed by atoms with Crippen molar-refractivity contribution < 1.29 is 38.6 Å². The zero-order valence-corrected chi connectivity index (χ0v) is 26.5. The molecule has 12 nitrogen and oxygen atoms in total. The van der Waals surface area contributed by atoms with Crippen molar-refractivity contribution in [2.45, 2.75) is 31.1 Å². The summed E-state index contributed by atoms with van der Waals surface area (Å²) in [5.74, 6) is -7.00. The average Bonchev–Trinajstić information content (AvgIpc) is 3.47. The van der Waals surface area contributed by atoms with Crippen molar-refractivity contribution in [2.24, 2.45) is 29.4 Å². The number of imide groups is 4. The third-order valence-corrected chi connectivity index (χ3v) is 10.5. The van der Waals surface area contributed by atoms with Crippen LogP contribution in [0.1, 0.15) is 35.4 Å². The van der Waals surface area contributed by atoms with Gasteiger partial charge >= 0.3 is 6.03 Å². The number of fused-ring (bicyclic) bond motifs is 4. The topological polar surface area (TPSA) is 169 Å². The highest BCUT2D eigenvalue weighted by Gasteiger charge is 2.71. The molecule has 3 aromatic carbocycles. The van der Waals surface area contributed by atoms with E-state index in [1.807, 2.05) is 25.1 Å². The number of rotatable bonds is 6. The van der Waals surface area contributed by atoms with Crippen LogP contribution in [0.5, 0.6) is 17.2 Å². The molecular weight excluding hydrogens is 616 g/mol. The Hall–Kier alpha value is -5.65. The Bertz CT molecular complexity index is 1910. The number of phenolic OH excluding ortho intramolecular Hbond substituents is 1. The van der Waals surface area contributed by atoms with Crippen LogP contribution in [0.4, 0.5) is 10.5 Å². The van der Waals surface area contributed by atoms with Crippen LogP contribution in [0, 0.1) is 30.6 Å². The maximum absolute atomic E-state index is 15.2. The van der Waals surface area contributed by atoms with Gasteiger partial charge in [0.05, 0.1) is 43.1 Å². The molecule has 3 fully saturated rings. The van der Waals surface area contributed by atoms with Crippen molar-refractivity contribution in [3.05, 3.63) is 95.1 Å². The van der Waals surface area contributed by atoms with Gasteiger partial charge in [-0.05, 0) is 43.4 Å². The van der Waals surface area contributed by atoms with Crippen molar-refractivity contribution in [3.8, 4) is 17.2 Å². The summed E-state index contributed by atoms with van der Waals surface area (Å²) in [5, 5.41) is 12.8. The molecule has 2 aliphatic carbocycles. The van der Waals surface area contributed by atoms with Gasteiger partial charge in [0.25, 0.3) is 11.8 Å². The number of urea groups is 1. The number of methoxy groups -OCH3 is 2.